The van der Waals surface area contributed by atoms with Crippen LogP contribution in [-0.2, 0) is 13.1 Å². The molecule has 4 rings (SSSR count). The van der Waals surface area contributed by atoms with Crippen LogP contribution in [0.1, 0.15) is 24.5 Å². The Kier molecular flexibility index (Phi) is 5.71. The van der Waals surface area contributed by atoms with Crippen molar-refractivity contribution in [2.75, 3.05) is 0 Å². The summed E-state index contributed by atoms with van der Waals surface area (Å²) in [5.41, 5.74) is 6.68. The van der Waals surface area contributed by atoms with Crippen molar-refractivity contribution in [1.82, 2.24) is 9.97 Å². The Morgan fingerprint density at radius 3 is 1.93 bits per heavy atom. The zero-order valence-electron chi connectivity index (χ0n) is 17.0. The van der Waals surface area contributed by atoms with E-state index in [1.165, 1.54) is 22.3 Å². The fourth-order valence-corrected chi connectivity index (χ4v) is 3.41. The summed E-state index contributed by atoms with van der Waals surface area (Å²) >= 11 is 0. The van der Waals surface area contributed by atoms with Crippen molar-refractivity contribution in [1.29, 1.82) is 0 Å². The molecule has 4 heteroatoms. The van der Waals surface area contributed by atoms with Gasteiger partial charge in [-0.2, -0.15) is 0 Å². The molecule has 0 fully saturated rings. The Hall–Kier alpha value is -3.40. The van der Waals surface area contributed by atoms with E-state index in [0.717, 1.165) is 30.9 Å². The minimum Gasteiger partial charge on any atom is -0.255 e. The number of pyridine rings is 4. The van der Waals surface area contributed by atoms with Crippen molar-refractivity contribution in [3.05, 3.63) is 96.8 Å². The maximum absolute atomic E-state index is 4.49. The minimum atomic E-state index is 0.799. The molecular formula is C25H26N4+2. The van der Waals surface area contributed by atoms with Gasteiger partial charge >= 0.3 is 0 Å². The van der Waals surface area contributed by atoms with Gasteiger partial charge in [0.05, 0.1) is 11.4 Å². The first-order valence-corrected chi connectivity index (χ1v) is 10.1. The van der Waals surface area contributed by atoms with Gasteiger partial charge in [-0.05, 0) is 47.9 Å². The van der Waals surface area contributed by atoms with Crippen LogP contribution in [0, 0.1) is 6.92 Å². The molecule has 0 aromatic carbocycles. The van der Waals surface area contributed by atoms with E-state index in [1.807, 2.05) is 18.5 Å². The van der Waals surface area contributed by atoms with Gasteiger partial charge in [0, 0.05) is 48.6 Å². The van der Waals surface area contributed by atoms with Crippen molar-refractivity contribution in [2.45, 2.75) is 33.4 Å². The third kappa shape index (κ3) is 4.72. The quantitative estimate of drug-likeness (QED) is 0.469. The van der Waals surface area contributed by atoms with Crippen molar-refractivity contribution in [2.24, 2.45) is 0 Å². The normalized spacial score (nSPS) is 10.8. The molecule has 0 saturated carbocycles. The summed E-state index contributed by atoms with van der Waals surface area (Å²) in [6.45, 7) is 6.12. The van der Waals surface area contributed by atoms with Crippen LogP contribution in [-0.4, -0.2) is 9.97 Å². The van der Waals surface area contributed by atoms with Gasteiger partial charge in [-0.25, -0.2) is 9.13 Å². The van der Waals surface area contributed by atoms with Crippen molar-refractivity contribution in [3.8, 4) is 22.5 Å². The van der Waals surface area contributed by atoms with Crippen molar-refractivity contribution < 1.29 is 9.13 Å². The van der Waals surface area contributed by atoms with Gasteiger partial charge in [0.2, 0.25) is 0 Å². The van der Waals surface area contributed by atoms with Crippen LogP contribution in [0.3, 0.4) is 0 Å². The molecule has 144 valence electrons. The van der Waals surface area contributed by atoms with Gasteiger partial charge < -0.3 is 0 Å². The zero-order valence-corrected chi connectivity index (χ0v) is 17.0. The second-order valence-corrected chi connectivity index (χ2v) is 7.35. The molecule has 4 aromatic heterocycles. The highest BCUT2D eigenvalue weighted by Gasteiger charge is 2.08. The van der Waals surface area contributed by atoms with E-state index in [2.05, 4.69) is 100 Å². The molecule has 0 aliphatic carbocycles. The monoisotopic (exact) mass is 382 g/mol. The molecule has 0 aliphatic rings. The van der Waals surface area contributed by atoms with Gasteiger partial charge in [0.1, 0.15) is 6.54 Å². The Morgan fingerprint density at radius 1 is 0.724 bits per heavy atom. The molecule has 4 aromatic rings. The Labute approximate surface area is 172 Å². The molecule has 0 N–H and O–H groups in total. The molecule has 0 amide bonds. The molecule has 4 nitrogen and oxygen atoms in total. The van der Waals surface area contributed by atoms with E-state index >= 15 is 0 Å². The van der Waals surface area contributed by atoms with Gasteiger partial charge in [-0.15, -0.1) is 0 Å². The largest absolute Gasteiger partial charge is 0.255 e. The highest BCUT2D eigenvalue weighted by Crippen LogP contribution is 2.17. The summed E-state index contributed by atoms with van der Waals surface area (Å²) in [5, 5.41) is 0. The summed E-state index contributed by atoms with van der Waals surface area (Å²) in [4.78, 5) is 8.94. The number of nitrogens with zero attached hydrogens (tertiary/aromatic N) is 4. The summed E-state index contributed by atoms with van der Waals surface area (Å²) in [6.07, 6.45) is 13.4. The molecule has 29 heavy (non-hydrogen) atoms. The highest BCUT2D eigenvalue weighted by atomic mass is 14.9. The van der Waals surface area contributed by atoms with Crippen LogP contribution < -0.4 is 9.13 Å². The zero-order chi connectivity index (χ0) is 20.1. The summed E-state index contributed by atoms with van der Waals surface area (Å²) in [6, 6.07) is 16.9. The number of aromatic nitrogens is 4. The smallest absolute Gasteiger partial charge is 0.173 e. The second-order valence-electron chi connectivity index (χ2n) is 7.35. The lowest BCUT2D eigenvalue weighted by molar-refractivity contribution is -0.696. The Morgan fingerprint density at radius 2 is 1.31 bits per heavy atom. The third-order valence-corrected chi connectivity index (χ3v) is 4.96. The first-order chi connectivity index (χ1) is 14.2. The van der Waals surface area contributed by atoms with Crippen LogP contribution in [0.15, 0.2) is 85.7 Å². The van der Waals surface area contributed by atoms with E-state index in [4.69, 9.17) is 0 Å². The number of hydrogen-bond donors (Lipinski definition) is 0. The minimum absolute atomic E-state index is 0.799. The molecule has 0 unspecified atom stereocenters. The van der Waals surface area contributed by atoms with Crippen LogP contribution in [0.4, 0.5) is 0 Å². The topological polar surface area (TPSA) is 33.5 Å². The Balaban J connectivity index is 1.49. The molecule has 0 radical (unpaired) electrons. The molecule has 0 aliphatic heterocycles. The van der Waals surface area contributed by atoms with Crippen molar-refractivity contribution >= 4 is 0 Å². The lowest BCUT2D eigenvalue weighted by Crippen LogP contribution is -2.33. The molecule has 0 saturated heterocycles. The van der Waals surface area contributed by atoms with Gasteiger partial charge in [-0.1, -0.05) is 6.92 Å². The SMILES string of the molecule is CCC[n+]1ccc(-c2cc[n+](Cc3ccnc(-c4cc(C)ccn4)c3)cc2)cc1. The first-order valence-electron chi connectivity index (χ1n) is 10.1. The Bertz CT molecular complexity index is 1090. The number of rotatable bonds is 6. The van der Waals surface area contributed by atoms with Gasteiger partial charge in [0.25, 0.3) is 0 Å². The maximum Gasteiger partial charge on any atom is 0.173 e. The van der Waals surface area contributed by atoms with Crippen LogP contribution in [0.5, 0.6) is 0 Å². The molecular weight excluding hydrogens is 356 g/mol. The second kappa shape index (κ2) is 8.74. The van der Waals surface area contributed by atoms with E-state index in [9.17, 15) is 0 Å². The van der Waals surface area contributed by atoms with Gasteiger partial charge in [0.15, 0.2) is 31.3 Å². The maximum atomic E-state index is 4.49. The third-order valence-electron chi connectivity index (χ3n) is 4.96. The average molecular weight is 383 g/mol. The number of aryl methyl sites for hydroxylation is 2. The molecule has 0 atom stereocenters. The van der Waals surface area contributed by atoms with Gasteiger partial charge in [-0.3, -0.25) is 9.97 Å². The van der Waals surface area contributed by atoms with E-state index in [-0.39, 0.29) is 0 Å². The van der Waals surface area contributed by atoms with E-state index in [1.54, 1.807) is 0 Å². The summed E-state index contributed by atoms with van der Waals surface area (Å²) < 4.78 is 4.41. The first kappa shape index (κ1) is 18.9. The molecule has 4 heterocycles. The van der Waals surface area contributed by atoms with Crippen LogP contribution in [0.25, 0.3) is 22.5 Å². The lowest BCUT2D eigenvalue weighted by atomic mass is 10.1. The van der Waals surface area contributed by atoms with Crippen LogP contribution >= 0.6 is 0 Å². The predicted molar refractivity (Wildman–Crippen MR) is 114 cm³/mol. The van der Waals surface area contributed by atoms with Crippen LogP contribution in [0.2, 0.25) is 0 Å². The van der Waals surface area contributed by atoms with E-state index < -0.39 is 0 Å². The standard InChI is InChI=1S/C25H26N4/c1-3-12-28-13-6-22(7-14-28)23-8-15-29(16-9-23)19-21-5-11-27-25(18-21)24-17-20(2)4-10-26-24/h4-11,13-18H,3,12,19H2,1-2H3/q+2. The highest BCUT2D eigenvalue weighted by molar-refractivity contribution is 5.61. The summed E-state index contributed by atoms with van der Waals surface area (Å²) in [7, 11) is 0. The van der Waals surface area contributed by atoms with Crippen molar-refractivity contribution in [3.63, 3.8) is 0 Å². The average Bonchev–Trinajstić information content (AvgIpc) is 2.75. The fourth-order valence-electron chi connectivity index (χ4n) is 3.41. The number of hydrogen-bond acceptors (Lipinski definition) is 2. The van der Waals surface area contributed by atoms with E-state index in [0.29, 0.717) is 0 Å². The predicted octanol–water partition coefficient (Wildman–Crippen LogP) is 4.15. The molecule has 0 bridgehead atoms. The molecule has 0 spiro atoms. The fraction of sp³-hybridized carbons (Fsp3) is 0.200. The lowest BCUT2D eigenvalue weighted by Gasteiger charge is -2.04. The summed E-state index contributed by atoms with van der Waals surface area (Å²) in [5.74, 6) is 0.